The van der Waals surface area contributed by atoms with Crippen LogP contribution in [-0.4, -0.2) is 33.9 Å². The SMILES string of the molecule is CCC1=NN(C2CCCCC2O)C(=O)C1C. The second-order valence-electron chi connectivity index (χ2n) is 4.77. The zero-order valence-electron chi connectivity index (χ0n) is 10.0. The quantitative estimate of drug-likeness (QED) is 0.773. The summed E-state index contributed by atoms with van der Waals surface area (Å²) in [5, 5.41) is 15.9. The van der Waals surface area contributed by atoms with Gasteiger partial charge in [0.1, 0.15) is 0 Å². The lowest BCUT2D eigenvalue weighted by molar-refractivity contribution is -0.137. The number of hydrogen-bond acceptors (Lipinski definition) is 3. The van der Waals surface area contributed by atoms with Crippen LogP contribution in [0.4, 0.5) is 0 Å². The molecule has 1 heterocycles. The van der Waals surface area contributed by atoms with Gasteiger partial charge in [-0.2, -0.15) is 5.10 Å². The fraction of sp³-hybridized carbons (Fsp3) is 0.833. The average Bonchev–Trinajstić information content (AvgIpc) is 2.57. The second-order valence-corrected chi connectivity index (χ2v) is 4.77. The van der Waals surface area contributed by atoms with Gasteiger partial charge in [-0.25, -0.2) is 5.01 Å². The molecule has 0 saturated heterocycles. The van der Waals surface area contributed by atoms with E-state index in [4.69, 9.17) is 0 Å². The zero-order chi connectivity index (χ0) is 11.7. The fourth-order valence-corrected chi connectivity index (χ4v) is 2.61. The van der Waals surface area contributed by atoms with E-state index in [1.165, 1.54) is 0 Å². The highest BCUT2D eigenvalue weighted by molar-refractivity contribution is 6.07. The van der Waals surface area contributed by atoms with Crippen LogP contribution >= 0.6 is 0 Å². The first-order valence-electron chi connectivity index (χ1n) is 6.23. The molecule has 90 valence electrons. The third kappa shape index (κ3) is 1.86. The topological polar surface area (TPSA) is 52.9 Å². The van der Waals surface area contributed by atoms with Crippen molar-refractivity contribution in [2.45, 2.75) is 58.1 Å². The Bertz CT molecular complexity index is 314. The van der Waals surface area contributed by atoms with E-state index in [2.05, 4.69) is 5.10 Å². The van der Waals surface area contributed by atoms with E-state index in [0.717, 1.165) is 37.8 Å². The molecule has 1 N–H and O–H groups in total. The number of aliphatic hydroxyl groups is 1. The number of nitrogens with zero attached hydrogens (tertiary/aromatic N) is 2. The molecule has 0 aromatic rings. The standard InChI is InChI=1S/C12H20N2O2/c1-3-9-8(2)12(16)14(13-9)10-6-4-5-7-11(10)15/h8,10-11,15H,3-7H2,1-2H3. The molecule has 3 atom stereocenters. The number of amides is 1. The van der Waals surface area contributed by atoms with E-state index < -0.39 is 6.10 Å². The summed E-state index contributed by atoms with van der Waals surface area (Å²) < 4.78 is 0. The molecule has 0 bridgehead atoms. The van der Waals surface area contributed by atoms with Crippen LogP contribution in [0.25, 0.3) is 0 Å². The molecule has 0 radical (unpaired) electrons. The van der Waals surface area contributed by atoms with Gasteiger partial charge in [0, 0.05) is 0 Å². The summed E-state index contributed by atoms with van der Waals surface area (Å²) in [6.07, 6.45) is 4.22. The van der Waals surface area contributed by atoms with Gasteiger partial charge < -0.3 is 5.11 Å². The molecule has 1 fully saturated rings. The highest BCUT2D eigenvalue weighted by Gasteiger charge is 2.39. The normalized spacial score (nSPS) is 35.4. The maximum atomic E-state index is 12.0. The van der Waals surface area contributed by atoms with Crippen molar-refractivity contribution in [3.05, 3.63) is 0 Å². The Morgan fingerprint density at radius 2 is 2.12 bits per heavy atom. The minimum atomic E-state index is -0.398. The Hall–Kier alpha value is -0.900. The van der Waals surface area contributed by atoms with Crippen molar-refractivity contribution in [3.63, 3.8) is 0 Å². The molecule has 4 nitrogen and oxygen atoms in total. The van der Waals surface area contributed by atoms with Gasteiger partial charge in [0.05, 0.1) is 23.8 Å². The first-order valence-corrected chi connectivity index (χ1v) is 6.23. The van der Waals surface area contributed by atoms with Crippen molar-refractivity contribution in [2.75, 3.05) is 0 Å². The number of hydrazone groups is 1. The molecule has 1 amide bonds. The van der Waals surface area contributed by atoms with E-state index in [-0.39, 0.29) is 17.9 Å². The molecule has 1 aliphatic heterocycles. The molecular weight excluding hydrogens is 204 g/mol. The number of carbonyl (C=O) groups excluding carboxylic acids is 1. The monoisotopic (exact) mass is 224 g/mol. The minimum absolute atomic E-state index is 0.0581. The first-order chi connectivity index (χ1) is 7.65. The third-order valence-corrected chi connectivity index (χ3v) is 3.70. The lowest BCUT2D eigenvalue weighted by Gasteiger charge is -2.32. The van der Waals surface area contributed by atoms with Gasteiger partial charge in [-0.05, 0) is 26.2 Å². The Kier molecular flexibility index (Phi) is 3.28. The van der Waals surface area contributed by atoms with Crippen LogP contribution in [0, 0.1) is 5.92 Å². The Morgan fingerprint density at radius 3 is 2.69 bits per heavy atom. The van der Waals surface area contributed by atoms with Gasteiger partial charge in [0.2, 0.25) is 0 Å². The third-order valence-electron chi connectivity index (χ3n) is 3.70. The molecule has 2 rings (SSSR count). The van der Waals surface area contributed by atoms with E-state index in [0.29, 0.717) is 0 Å². The summed E-state index contributed by atoms with van der Waals surface area (Å²) in [5.41, 5.74) is 0.947. The fourth-order valence-electron chi connectivity index (χ4n) is 2.61. The molecule has 1 aliphatic carbocycles. The zero-order valence-corrected chi connectivity index (χ0v) is 10.0. The summed E-state index contributed by atoms with van der Waals surface area (Å²) in [4.78, 5) is 12.0. The van der Waals surface area contributed by atoms with Crippen molar-refractivity contribution in [2.24, 2.45) is 11.0 Å². The molecular formula is C12H20N2O2. The van der Waals surface area contributed by atoms with Crippen LogP contribution in [0.3, 0.4) is 0 Å². The Labute approximate surface area is 96.3 Å². The van der Waals surface area contributed by atoms with Gasteiger partial charge in [0.15, 0.2) is 0 Å². The lowest BCUT2D eigenvalue weighted by Crippen LogP contribution is -2.44. The summed E-state index contributed by atoms with van der Waals surface area (Å²) in [6.45, 7) is 3.92. The molecule has 16 heavy (non-hydrogen) atoms. The van der Waals surface area contributed by atoms with Crippen LogP contribution in [0.5, 0.6) is 0 Å². The highest BCUT2D eigenvalue weighted by atomic mass is 16.3. The minimum Gasteiger partial charge on any atom is -0.391 e. The summed E-state index contributed by atoms with van der Waals surface area (Å²) in [5.74, 6) is -0.0399. The summed E-state index contributed by atoms with van der Waals surface area (Å²) in [6, 6.07) is -0.0900. The Balaban J connectivity index is 2.15. The lowest BCUT2D eigenvalue weighted by atomic mass is 9.92. The summed E-state index contributed by atoms with van der Waals surface area (Å²) in [7, 11) is 0. The van der Waals surface area contributed by atoms with Crippen LogP contribution in [0.2, 0.25) is 0 Å². The average molecular weight is 224 g/mol. The van der Waals surface area contributed by atoms with Crippen molar-refractivity contribution in [1.29, 1.82) is 0 Å². The van der Waals surface area contributed by atoms with Crippen molar-refractivity contribution >= 4 is 11.6 Å². The number of aliphatic hydroxyl groups excluding tert-OH is 1. The predicted molar refractivity (Wildman–Crippen MR) is 62.0 cm³/mol. The van der Waals surface area contributed by atoms with Gasteiger partial charge in [-0.3, -0.25) is 4.79 Å². The van der Waals surface area contributed by atoms with E-state index >= 15 is 0 Å². The maximum Gasteiger partial charge on any atom is 0.251 e. The molecule has 0 aromatic carbocycles. The Morgan fingerprint density at radius 1 is 1.44 bits per heavy atom. The molecule has 4 heteroatoms. The largest absolute Gasteiger partial charge is 0.391 e. The van der Waals surface area contributed by atoms with Gasteiger partial charge in [-0.15, -0.1) is 0 Å². The smallest absolute Gasteiger partial charge is 0.251 e. The second kappa shape index (κ2) is 4.53. The van der Waals surface area contributed by atoms with Gasteiger partial charge >= 0.3 is 0 Å². The van der Waals surface area contributed by atoms with Crippen molar-refractivity contribution in [3.8, 4) is 0 Å². The highest BCUT2D eigenvalue weighted by Crippen LogP contribution is 2.28. The van der Waals surface area contributed by atoms with Crippen molar-refractivity contribution in [1.82, 2.24) is 5.01 Å². The van der Waals surface area contributed by atoms with Gasteiger partial charge in [-0.1, -0.05) is 19.8 Å². The van der Waals surface area contributed by atoms with E-state index in [1.54, 1.807) is 5.01 Å². The van der Waals surface area contributed by atoms with Crippen molar-refractivity contribution < 1.29 is 9.90 Å². The molecule has 0 spiro atoms. The molecule has 0 aromatic heterocycles. The number of hydrogen-bond donors (Lipinski definition) is 1. The summed E-state index contributed by atoms with van der Waals surface area (Å²) >= 11 is 0. The maximum absolute atomic E-state index is 12.0. The van der Waals surface area contributed by atoms with Crippen LogP contribution < -0.4 is 0 Å². The first kappa shape index (κ1) is 11.6. The predicted octanol–water partition coefficient (Wildman–Crippen LogP) is 1.53. The molecule has 3 unspecified atom stereocenters. The number of carbonyl (C=O) groups is 1. The molecule has 2 aliphatic rings. The van der Waals surface area contributed by atoms with E-state index in [9.17, 15) is 9.90 Å². The number of rotatable bonds is 2. The molecule has 1 saturated carbocycles. The van der Waals surface area contributed by atoms with Crippen LogP contribution in [0.15, 0.2) is 5.10 Å². The van der Waals surface area contributed by atoms with E-state index in [1.807, 2.05) is 13.8 Å². The van der Waals surface area contributed by atoms with Crippen LogP contribution in [0.1, 0.15) is 46.0 Å². The van der Waals surface area contributed by atoms with Crippen LogP contribution in [-0.2, 0) is 4.79 Å². The van der Waals surface area contributed by atoms with Gasteiger partial charge in [0.25, 0.3) is 5.91 Å².